The fourth-order valence-corrected chi connectivity index (χ4v) is 3.42. The molecule has 0 spiro atoms. The summed E-state index contributed by atoms with van der Waals surface area (Å²) in [5.74, 6) is 0.613. The van der Waals surface area contributed by atoms with Gasteiger partial charge in [-0.1, -0.05) is 24.3 Å². The fraction of sp³-hybridized carbons (Fsp3) is 0.474. The lowest BCUT2D eigenvalue weighted by Gasteiger charge is -2.20. The van der Waals surface area contributed by atoms with Crippen LogP contribution in [0.4, 0.5) is 13.2 Å². The number of pyridine rings is 1. The summed E-state index contributed by atoms with van der Waals surface area (Å²) in [6, 6.07) is 10.0. The second kappa shape index (κ2) is 10.2. The van der Waals surface area contributed by atoms with Gasteiger partial charge in [-0.15, -0.1) is 24.0 Å². The quantitative estimate of drug-likeness (QED) is 0.371. The molecule has 2 heterocycles. The molecule has 1 fully saturated rings. The number of benzene rings is 1. The SMILES string of the molecule is CN=C(NCCc1cccc2cccnc12)NC1CCN(CC(F)(F)F)C1.I. The van der Waals surface area contributed by atoms with E-state index < -0.39 is 12.7 Å². The molecule has 1 aliphatic rings. The normalized spacial score (nSPS) is 18.1. The molecule has 0 aliphatic carbocycles. The van der Waals surface area contributed by atoms with Crippen molar-refractivity contribution in [1.82, 2.24) is 20.5 Å². The highest BCUT2D eigenvalue weighted by molar-refractivity contribution is 14.0. The van der Waals surface area contributed by atoms with Crippen molar-refractivity contribution in [1.29, 1.82) is 0 Å². The number of alkyl halides is 3. The van der Waals surface area contributed by atoms with Crippen molar-refractivity contribution < 1.29 is 13.2 Å². The van der Waals surface area contributed by atoms with E-state index in [-0.39, 0.29) is 30.0 Å². The third kappa shape index (κ3) is 6.47. The minimum Gasteiger partial charge on any atom is -0.356 e. The van der Waals surface area contributed by atoms with Crippen LogP contribution in [0.1, 0.15) is 12.0 Å². The molecule has 3 rings (SSSR count). The lowest BCUT2D eigenvalue weighted by atomic mass is 10.1. The molecule has 0 saturated carbocycles. The van der Waals surface area contributed by atoms with Crippen molar-refractivity contribution in [3.8, 4) is 0 Å². The van der Waals surface area contributed by atoms with Crippen molar-refractivity contribution in [3.63, 3.8) is 0 Å². The maximum absolute atomic E-state index is 12.5. The number of hydrogen-bond acceptors (Lipinski definition) is 3. The van der Waals surface area contributed by atoms with Gasteiger partial charge in [-0.25, -0.2) is 0 Å². The largest absolute Gasteiger partial charge is 0.401 e. The van der Waals surface area contributed by atoms with Crippen LogP contribution in [-0.4, -0.2) is 61.3 Å². The van der Waals surface area contributed by atoms with Crippen LogP contribution in [0.5, 0.6) is 0 Å². The van der Waals surface area contributed by atoms with Gasteiger partial charge in [-0.2, -0.15) is 13.2 Å². The molecule has 0 radical (unpaired) electrons. The van der Waals surface area contributed by atoms with Crippen molar-refractivity contribution >= 4 is 40.8 Å². The zero-order valence-electron chi connectivity index (χ0n) is 15.7. The van der Waals surface area contributed by atoms with Crippen LogP contribution in [-0.2, 0) is 6.42 Å². The summed E-state index contributed by atoms with van der Waals surface area (Å²) in [7, 11) is 1.66. The van der Waals surface area contributed by atoms with Crippen LogP contribution >= 0.6 is 24.0 Å². The average molecular weight is 507 g/mol. The summed E-state index contributed by atoms with van der Waals surface area (Å²) in [6.45, 7) is 0.614. The van der Waals surface area contributed by atoms with Gasteiger partial charge >= 0.3 is 6.18 Å². The third-order valence-electron chi connectivity index (χ3n) is 4.64. The topological polar surface area (TPSA) is 52.6 Å². The Bertz CT molecular complexity index is 791. The van der Waals surface area contributed by atoms with Crippen LogP contribution in [0.2, 0.25) is 0 Å². The molecule has 0 amide bonds. The number of rotatable bonds is 5. The number of aromatic nitrogens is 1. The second-order valence-corrected chi connectivity index (χ2v) is 6.72. The summed E-state index contributed by atoms with van der Waals surface area (Å²) in [6.07, 6.45) is -0.919. The van der Waals surface area contributed by atoms with Gasteiger partial charge in [0, 0.05) is 44.3 Å². The number of hydrogen-bond donors (Lipinski definition) is 2. The number of fused-ring (bicyclic) bond motifs is 1. The number of guanidine groups is 1. The third-order valence-corrected chi connectivity index (χ3v) is 4.64. The first-order valence-electron chi connectivity index (χ1n) is 9.03. The Hall–Kier alpha value is -1.62. The highest BCUT2D eigenvalue weighted by atomic mass is 127. The Morgan fingerprint density at radius 3 is 2.82 bits per heavy atom. The van der Waals surface area contributed by atoms with E-state index in [0.29, 0.717) is 32.0 Å². The summed E-state index contributed by atoms with van der Waals surface area (Å²) in [4.78, 5) is 10.1. The molecule has 0 bridgehead atoms. The van der Waals surface area contributed by atoms with Crippen LogP contribution in [0, 0.1) is 0 Å². The lowest BCUT2D eigenvalue weighted by molar-refractivity contribution is -0.143. The second-order valence-electron chi connectivity index (χ2n) is 6.72. The molecule has 1 aliphatic heterocycles. The van der Waals surface area contributed by atoms with Gasteiger partial charge in [0.2, 0.25) is 0 Å². The number of nitrogens with one attached hydrogen (secondary N) is 2. The lowest BCUT2D eigenvalue weighted by Crippen LogP contribution is -2.45. The Labute approximate surface area is 179 Å². The van der Waals surface area contributed by atoms with Crippen molar-refractivity contribution in [2.45, 2.75) is 25.1 Å². The van der Waals surface area contributed by atoms with E-state index in [9.17, 15) is 13.2 Å². The van der Waals surface area contributed by atoms with Crippen molar-refractivity contribution in [2.24, 2.45) is 4.99 Å². The summed E-state index contributed by atoms with van der Waals surface area (Å²) >= 11 is 0. The molecule has 9 heteroatoms. The molecule has 2 aromatic rings. The van der Waals surface area contributed by atoms with Crippen LogP contribution < -0.4 is 10.6 Å². The number of para-hydroxylation sites is 1. The molecule has 1 aromatic carbocycles. The van der Waals surface area contributed by atoms with Crippen LogP contribution in [0.3, 0.4) is 0 Å². The van der Waals surface area contributed by atoms with Crippen molar-refractivity contribution in [2.75, 3.05) is 33.2 Å². The number of halogens is 4. The van der Waals surface area contributed by atoms with Gasteiger partial charge in [0.1, 0.15) is 0 Å². The first-order chi connectivity index (χ1) is 12.9. The fourth-order valence-electron chi connectivity index (χ4n) is 3.42. The average Bonchev–Trinajstić information content (AvgIpc) is 3.06. The van der Waals surface area contributed by atoms with Crippen molar-refractivity contribution in [3.05, 3.63) is 42.1 Å². The first kappa shape index (κ1) is 22.7. The maximum atomic E-state index is 12.5. The highest BCUT2D eigenvalue weighted by Crippen LogP contribution is 2.20. The monoisotopic (exact) mass is 507 g/mol. The summed E-state index contributed by atoms with van der Waals surface area (Å²) in [5, 5.41) is 7.57. The van der Waals surface area contributed by atoms with Crippen LogP contribution in [0.25, 0.3) is 10.9 Å². The Morgan fingerprint density at radius 1 is 1.29 bits per heavy atom. The minimum atomic E-state index is -4.15. The molecule has 5 nitrogen and oxygen atoms in total. The van der Waals surface area contributed by atoms with Gasteiger partial charge in [0.25, 0.3) is 0 Å². The number of aliphatic imine (C=N–C) groups is 1. The predicted octanol–water partition coefficient (Wildman–Crippen LogP) is 3.20. The molecule has 2 N–H and O–H groups in total. The summed E-state index contributed by atoms with van der Waals surface area (Å²) in [5.41, 5.74) is 2.14. The zero-order valence-corrected chi connectivity index (χ0v) is 18.0. The Kier molecular flexibility index (Phi) is 8.29. The predicted molar refractivity (Wildman–Crippen MR) is 116 cm³/mol. The number of nitrogens with zero attached hydrogens (tertiary/aromatic N) is 3. The van der Waals surface area contributed by atoms with E-state index in [1.54, 1.807) is 13.2 Å². The molecular formula is C19H25F3IN5. The van der Waals surface area contributed by atoms with E-state index in [4.69, 9.17) is 0 Å². The van der Waals surface area contributed by atoms with Gasteiger partial charge in [0.15, 0.2) is 5.96 Å². The van der Waals surface area contributed by atoms with Gasteiger partial charge in [-0.05, 0) is 24.5 Å². The zero-order chi connectivity index (χ0) is 19.3. The molecule has 1 unspecified atom stereocenters. The molecule has 154 valence electrons. The molecular weight excluding hydrogens is 482 g/mol. The highest BCUT2D eigenvalue weighted by Gasteiger charge is 2.34. The van der Waals surface area contributed by atoms with E-state index in [0.717, 1.165) is 22.9 Å². The maximum Gasteiger partial charge on any atom is 0.401 e. The molecule has 1 saturated heterocycles. The smallest absolute Gasteiger partial charge is 0.356 e. The van der Waals surface area contributed by atoms with Gasteiger partial charge in [0.05, 0.1) is 12.1 Å². The summed E-state index contributed by atoms with van der Waals surface area (Å²) < 4.78 is 37.5. The Balaban J connectivity index is 0.00000280. The van der Waals surface area contributed by atoms with Gasteiger partial charge < -0.3 is 10.6 Å². The van der Waals surface area contributed by atoms with E-state index in [1.807, 2.05) is 24.3 Å². The Morgan fingerprint density at radius 2 is 2.07 bits per heavy atom. The van der Waals surface area contributed by atoms with Crippen LogP contribution in [0.15, 0.2) is 41.5 Å². The molecule has 28 heavy (non-hydrogen) atoms. The van der Waals surface area contributed by atoms with Gasteiger partial charge in [-0.3, -0.25) is 14.9 Å². The van der Waals surface area contributed by atoms with E-state index in [2.05, 4.69) is 26.7 Å². The standard InChI is InChI=1S/C19H24F3N5.HI/c1-23-18(26-16-8-11-27(12-16)13-19(20,21)22)25-10-7-15-5-2-4-14-6-3-9-24-17(14)15;/h2-6,9,16H,7-8,10-13H2,1H3,(H2,23,25,26);1H. The minimum absolute atomic E-state index is 0. The molecule has 1 aromatic heterocycles. The molecule has 1 atom stereocenters. The number of likely N-dealkylation sites (tertiary alicyclic amines) is 1. The first-order valence-corrected chi connectivity index (χ1v) is 9.03. The van der Waals surface area contributed by atoms with E-state index in [1.165, 1.54) is 4.90 Å². The van der Waals surface area contributed by atoms with E-state index >= 15 is 0 Å².